The minimum atomic E-state index is -1.99. The van der Waals surface area contributed by atoms with Crippen LogP contribution < -0.4 is 10.1 Å². The lowest BCUT2D eigenvalue weighted by Gasteiger charge is -2.36. The number of carbonyl (C=O) groups excluding carboxylic acids is 2. The third kappa shape index (κ3) is 8.90. The number of fused-ring (bicyclic) bond motifs is 2. The van der Waals surface area contributed by atoms with Crippen molar-refractivity contribution in [2.45, 2.75) is 116 Å². The van der Waals surface area contributed by atoms with E-state index >= 15 is 0 Å². The van der Waals surface area contributed by atoms with Crippen molar-refractivity contribution < 1.29 is 37.7 Å². The second-order valence-corrected chi connectivity index (χ2v) is 21.4. The molecule has 0 aliphatic carbocycles. The molecule has 13 nitrogen and oxygen atoms in total. The maximum Gasteiger partial charge on any atom is 0.413 e. The lowest BCUT2D eigenvalue weighted by Crippen LogP contribution is -2.40. The fraction of sp³-hybridized carbons (Fsp3) is 0.475. The van der Waals surface area contributed by atoms with Crippen molar-refractivity contribution in [3.05, 3.63) is 84.0 Å². The summed E-state index contributed by atoms with van der Waals surface area (Å²) in [6.07, 6.45) is 3.52. The number of aromatic nitrogens is 4. The van der Waals surface area contributed by atoms with Gasteiger partial charge in [-0.15, -0.1) is 0 Å². The predicted molar refractivity (Wildman–Crippen MR) is 207 cm³/mol. The van der Waals surface area contributed by atoms with Crippen LogP contribution in [0.15, 0.2) is 67.3 Å². The molecule has 1 amide bonds. The zero-order valence-corrected chi connectivity index (χ0v) is 33.7. The first-order valence-corrected chi connectivity index (χ1v) is 21.1. The van der Waals surface area contributed by atoms with Crippen LogP contribution in [-0.4, -0.2) is 76.0 Å². The van der Waals surface area contributed by atoms with Gasteiger partial charge in [0.1, 0.15) is 42.6 Å². The Morgan fingerprint density at radius 2 is 1.72 bits per heavy atom. The van der Waals surface area contributed by atoms with E-state index in [1.807, 2.05) is 62.4 Å². The molecule has 288 valence electrons. The van der Waals surface area contributed by atoms with Crippen molar-refractivity contribution in [2.24, 2.45) is 0 Å². The number of ketones is 1. The molecular formula is C40H51N5O8Si. The Hall–Kier alpha value is -4.47. The number of rotatable bonds is 11. The number of nitrogens with one attached hydrogen (secondary N) is 1. The summed E-state index contributed by atoms with van der Waals surface area (Å²) in [6, 6.07) is 15.1. The fourth-order valence-electron chi connectivity index (χ4n) is 6.06. The molecule has 0 saturated carbocycles. The average Bonchev–Trinajstić information content (AvgIpc) is 3.75. The monoisotopic (exact) mass is 757 g/mol. The number of carbonyl (C=O) groups is 2. The molecule has 2 saturated heterocycles. The topological polar surface area (TPSA) is 145 Å². The largest absolute Gasteiger partial charge is 0.491 e. The van der Waals surface area contributed by atoms with Crippen LogP contribution in [0.2, 0.25) is 18.1 Å². The second-order valence-electron chi connectivity index (χ2n) is 16.6. The van der Waals surface area contributed by atoms with Gasteiger partial charge in [-0.05, 0) is 82.1 Å². The molecule has 4 aromatic rings. The molecule has 4 heterocycles. The molecule has 0 bridgehead atoms. The smallest absolute Gasteiger partial charge is 0.413 e. The Balaban J connectivity index is 1.13. The number of nitrogens with zero attached hydrogens (tertiary/aromatic N) is 4. The summed E-state index contributed by atoms with van der Waals surface area (Å²) in [4.78, 5) is 39.0. The normalized spacial score (nSPS) is 21.4. The SMILES string of the molecule is CC(C)(C)OC(=O)Nc1ncnc2c1ncn2[C@@H]1O[C@H](COc2cccc(/C=C/C(=O)c3ccccc3CO[Si](C)(C)C(C)(C)C)c2)C2OC(C)(C)OC21. The summed E-state index contributed by atoms with van der Waals surface area (Å²) in [7, 11) is -1.99. The van der Waals surface area contributed by atoms with Crippen LogP contribution in [0.5, 0.6) is 5.75 Å². The van der Waals surface area contributed by atoms with Crippen molar-refractivity contribution in [3.63, 3.8) is 0 Å². The van der Waals surface area contributed by atoms with Gasteiger partial charge in [-0.25, -0.2) is 19.7 Å². The van der Waals surface area contributed by atoms with Crippen molar-refractivity contribution in [1.29, 1.82) is 0 Å². The Labute approximate surface area is 317 Å². The number of ether oxygens (including phenoxy) is 5. The third-order valence-corrected chi connectivity index (χ3v) is 14.2. The van der Waals surface area contributed by atoms with Crippen LogP contribution in [0.3, 0.4) is 0 Å². The Morgan fingerprint density at radius 3 is 2.46 bits per heavy atom. The standard InChI is InChI=1S/C40H51N5O8Si/c1-38(2,3)53-37(47)44-34-31-35(42-23-41-34)45(24-43-31)36-33-32(51-40(7,8)52-33)30(50-36)22-48-27-16-13-14-25(20-27)18-19-29(46)28-17-12-11-15-26(28)21-49-54(9,10)39(4,5)6/h11-20,23-24,30,32-33,36H,21-22H2,1-10H3,(H,41,42,44,47)/b19-18+/t30-,32?,33?,36-/m1/s1. The van der Waals surface area contributed by atoms with E-state index in [1.54, 1.807) is 43.8 Å². The third-order valence-electron chi connectivity index (χ3n) is 9.75. The molecule has 54 heavy (non-hydrogen) atoms. The Morgan fingerprint density at radius 1 is 0.981 bits per heavy atom. The molecule has 0 radical (unpaired) electrons. The van der Waals surface area contributed by atoms with E-state index < -0.39 is 50.3 Å². The number of benzene rings is 2. The van der Waals surface area contributed by atoms with Gasteiger partial charge in [0.05, 0.1) is 12.9 Å². The van der Waals surface area contributed by atoms with Gasteiger partial charge in [-0.1, -0.05) is 63.2 Å². The summed E-state index contributed by atoms with van der Waals surface area (Å²) in [6.45, 7) is 20.6. The van der Waals surface area contributed by atoms with Crippen LogP contribution >= 0.6 is 0 Å². The van der Waals surface area contributed by atoms with Gasteiger partial charge in [-0.3, -0.25) is 14.7 Å². The van der Waals surface area contributed by atoms with Gasteiger partial charge in [0.25, 0.3) is 0 Å². The van der Waals surface area contributed by atoms with E-state index in [2.05, 4.69) is 54.1 Å². The summed E-state index contributed by atoms with van der Waals surface area (Å²) < 4.78 is 39.0. The molecule has 2 aromatic carbocycles. The number of imidazole rings is 1. The van der Waals surface area contributed by atoms with E-state index in [-0.39, 0.29) is 23.2 Å². The van der Waals surface area contributed by atoms with E-state index in [1.165, 1.54) is 6.33 Å². The summed E-state index contributed by atoms with van der Waals surface area (Å²) in [5, 5.41) is 2.73. The molecule has 2 aliphatic heterocycles. The van der Waals surface area contributed by atoms with Gasteiger partial charge in [0, 0.05) is 5.56 Å². The molecule has 2 aromatic heterocycles. The number of hydrogen-bond donors (Lipinski definition) is 1. The fourth-order valence-corrected chi connectivity index (χ4v) is 7.01. The van der Waals surface area contributed by atoms with Crippen molar-refractivity contribution >= 4 is 43.3 Å². The van der Waals surface area contributed by atoms with Crippen LogP contribution in [0, 0.1) is 0 Å². The molecule has 0 spiro atoms. The highest BCUT2D eigenvalue weighted by Gasteiger charge is 2.56. The Kier molecular flexibility index (Phi) is 10.9. The molecule has 2 fully saturated rings. The Bertz CT molecular complexity index is 2030. The number of hydrogen-bond acceptors (Lipinski definition) is 11. The van der Waals surface area contributed by atoms with Crippen LogP contribution in [0.25, 0.3) is 17.2 Å². The molecule has 6 rings (SSSR count). The molecule has 14 heteroatoms. The van der Waals surface area contributed by atoms with E-state index in [9.17, 15) is 9.59 Å². The summed E-state index contributed by atoms with van der Waals surface area (Å²) >= 11 is 0. The van der Waals surface area contributed by atoms with Crippen LogP contribution in [0.4, 0.5) is 10.6 Å². The highest BCUT2D eigenvalue weighted by atomic mass is 28.4. The highest BCUT2D eigenvalue weighted by Crippen LogP contribution is 2.44. The van der Waals surface area contributed by atoms with Gasteiger partial charge in [-0.2, -0.15) is 0 Å². The van der Waals surface area contributed by atoms with Gasteiger partial charge >= 0.3 is 6.09 Å². The number of amides is 1. The van der Waals surface area contributed by atoms with Crippen LogP contribution in [-0.2, 0) is 30.0 Å². The molecule has 2 aliphatic rings. The molecular weight excluding hydrogens is 707 g/mol. The number of anilines is 1. The predicted octanol–water partition coefficient (Wildman–Crippen LogP) is 8.09. The minimum absolute atomic E-state index is 0.0685. The molecule has 2 unspecified atom stereocenters. The lowest BCUT2D eigenvalue weighted by atomic mass is 10.0. The van der Waals surface area contributed by atoms with E-state index in [0.717, 1.165) is 11.1 Å². The zero-order chi connectivity index (χ0) is 39.1. The second kappa shape index (κ2) is 15.0. The van der Waals surface area contributed by atoms with Crippen LogP contribution in [0.1, 0.15) is 83.1 Å². The minimum Gasteiger partial charge on any atom is -0.491 e. The number of allylic oxidation sites excluding steroid dienone is 1. The van der Waals surface area contributed by atoms with E-state index in [4.69, 9.17) is 28.1 Å². The maximum absolute atomic E-state index is 13.4. The van der Waals surface area contributed by atoms with Crippen molar-refractivity contribution in [3.8, 4) is 5.75 Å². The van der Waals surface area contributed by atoms with E-state index in [0.29, 0.717) is 29.1 Å². The van der Waals surface area contributed by atoms with Gasteiger partial charge < -0.3 is 28.1 Å². The summed E-state index contributed by atoms with van der Waals surface area (Å²) in [5.74, 6) is -0.148. The first-order chi connectivity index (χ1) is 25.3. The lowest BCUT2D eigenvalue weighted by molar-refractivity contribution is -0.198. The first kappa shape index (κ1) is 39.2. The van der Waals surface area contributed by atoms with Gasteiger partial charge in [0.15, 0.2) is 43.1 Å². The molecule has 1 N–H and O–H groups in total. The van der Waals surface area contributed by atoms with Gasteiger partial charge in [0.2, 0.25) is 0 Å². The quantitative estimate of drug-likeness (QED) is 0.0900. The zero-order valence-electron chi connectivity index (χ0n) is 32.7. The first-order valence-electron chi connectivity index (χ1n) is 18.2. The summed E-state index contributed by atoms with van der Waals surface area (Å²) in [5.41, 5.74) is 2.42. The van der Waals surface area contributed by atoms with Crippen molar-refractivity contribution in [2.75, 3.05) is 11.9 Å². The van der Waals surface area contributed by atoms with Crippen molar-refractivity contribution in [1.82, 2.24) is 19.5 Å². The molecule has 4 atom stereocenters. The average molecular weight is 758 g/mol. The maximum atomic E-state index is 13.4. The highest BCUT2D eigenvalue weighted by molar-refractivity contribution is 6.74.